The van der Waals surface area contributed by atoms with Gasteiger partial charge in [0.2, 0.25) is 0 Å². The number of carbonyl (C=O) groups is 1. The topological polar surface area (TPSA) is 63.6 Å². The van der Waals surface area contributed by atoms with Gasteiger partial charge in [0.25, 0.3) is 0 Å². The largest absolute Gasteiger partial charge is 0.478 e. The quantitative estimate of drug-likeness (QED) is 0.835. The predicted octanol–water partition coefficient (Wildman–Crippen LogP) is 3.10. The SMILES string of the molecule is CCCOCc1c(C(=O)O)ccc2c1S(=S=O)CCC2(C)C. The Bertz CT molecular complexity index is 646. The van der Waals surface area contributed by atoms with Crippen LogP contribution in [0.3, 0.4) is 0 Å². The Hall–Kier alpha value is -0.980. The number of hydrogen-bond donors (Lipinski definition) is 1. The van der Waals surface area contributed by atoms with E-state index in [0.717, 1.165) is 29.1 Å². The van der Waals surface area contributed by atoms with Crippen molar-refractivity contribution in [3.05, 3.63) is 28.8 Å². The molecule has 6 heteroatoms. The number of benzene rings is 1. The van der Waals surface area contributed by atoms with E-state index in [9.17, 15) is 14.1 Å². The third-order valence-electron chi connectivity index (χ3n) is 4.04. The average Bonchev–Trinajstić information content (AvgIpc) is 2.47. The number of carboxylic acid groups (broad SMARTS) is 1. The minimum atomic E-state index is -0.958. The van der Waals surface area contributed by atoms with Crippen LogP contribution in [0.4, 0.5) is 0 Å². The van der Waals surface area contributed by atoms with Crippen LogP contribution in [0.2, 0.25) is 0 Å². The summed E-state index contributed by atoms with van der Waals surface area (Å²) in [5.41, 5.74) is 2.02. The van der Waals surface area contributed by atoms with E-state index in [1.807, 2.05) is 13.0 Å². The molecule has 0 aromatic heterocycles. The van der Waals surface area contributed by atoms with Gasteiger partial charge in [-0.3, -0.25) is 0 Å². The molecule has 1 unspecified atom stereocenters. The molecule has 1 aromatic carbocycles. The fourth-order valence-corrected chi connectivity index (χ4v) is 6.03. The van der Waals surface area contributed by atoms with E-state index in [4.69, 9.17) is 4.74 Å². The van der Waals surface area contributed by atoms with Crippen LogP contribution in [0, 0.1) is 0 Å². The number of fused-ring (bicyclic) bond motifs is 1. The van der Waals surface area contributed by atoms with Crippen molar-refractivity contribution >= 4 is 25.6 Å². The molecular weight excluding hydrogens is 320 g/mol. The van der Waals surface area contributed by atoms with Gasteiger partial charge in [0.05, 0.1) is 12.2 Å². The highest BCUT2D eigenvalue weighted by atomic mass is 32.8. The predicted molar refractivity (Wildman–Crippen MR) is 89.6 cm³/mol. The maximum Gasteiger partial charge on any atom is 0.336 e. The van der Waals surface area contributed by atoms with E-state index in [0.29, 0.717) is 22.4 Å². The Morgan fingerprint density at radius 3 is 2.77 bits per heavy atom. The van der Waals surface area contributed by atoms with Gasteiger partial charge in [-0.15, -0.1) is 0 Å². The van der Waals surface area contributed by atoms with Crippen molar-refractivity contribution in [2.75, 3.05) is 12.4 Å². The second-order valence-electron chi connectivity index (χ2n) is 6.08. The Balaban J connectivity index is 2.65. The summed E-state index contributed by atoms with van der Waals surface area (Å²) in [6, 6.07) is 3.55. The smallest absolute Gasteiger partial charge is 0.336 e. The van der Waals surface area contributed by atoms with Gasteiger partial charge in [0.15, 0.2) is 0 Å². The first kappa shape index (κ1) is 17.4. The van der Waals surface area contributed by atoms with Gasteiger partial charge in [0, 0.05) is 22.8 Å². The monoisotopic (exact) mass is 342 g/mol. The molecule has 122 valence electrons. The number of aromatic carboxylic acids is 1. The summed E-state index contributed by atoms with van der Waals surface area (Å²) in [7, 11) is 0.0931. The minimum absolute atomic E-state index is 0.0366. The standard InChI is InChI=1S/C16H22O4S2/c1-4-8-20-10-12-11(15(17)18)5-6-13-14(12)22(21-19)9-7-16(13,2)3/h5-6H,4,7-10H2,1-3H3,(H,17,18). The Labute approximate surface area is 136 Å². The lowest BCUT2D eigenvalue weighted by molar-refractivity contribution is 0.0686. The molecule has 0 aliphatic carbocycles. The lowest BCUT2D eigenvalue weighted by Crippen LogP contribution is -2.29. The molecule has 0 saturated heterocycles. The second kappa shape index (κ2) is 7.06. The molecule has 0 amide bonds. The molecular formula is C16H22O4S2. The molecule has 1 aliphatic heterocycles. The number of ether oxygens (including phenoxy) is 1. The van der Waals surface area contributed by atoms with Gasteiger partial charge in [0.1, 0.15) is 10.2 Å². The molecule has 1 N–H and O–H groups in total. The summed E-state index contributed by atoms with van der Waals surface area (Å²) >= 11 is 0. The zero-order valence-electron chi connectivity index (χ0n) is 13.2. The zero-order chi connectivity index (χ0) is 16.3. The molecule has 2 rings (SSSR count). The first-order valence-corrected chi connectivity index (χ1v) is 10.1. The summed E-state index contributed by atoms with van der Waals surface area (Å²) in [6.07, 6.45) is 1.82. The normalized spacial score (nSPS) is 19.5. The molecule has 0 spiro atoms. The van der Waals surface area contributed by atoms with Crippen molar-refractivity contribution < 1.29 is 18.8 Å². The van der Waals surface area contributed by atoms with Crippen LogP contribution in [0.1, 0.15) is 55.1 Å². The van der Waals surface area contributed by atoms with Gasteiger partial charge < -0.3 is 9.84 Å². The maximum atomic E-state index is 11.6. The van der Waals surface area contributed by atoms with Crippen molar-refractivity contribution in [2.24, 2.45) is 0 Å². The number of rotatable bonds is 5. The molecule has 1 aliphatic rings. The van der Waals surface area contributed by atoms with Gasteiger partial charge in [-0.25, -0.2) is 9.00 Å². The van der Waals surface area contributed by atoms with Gasteiger partial charge in [-0.2, -0.15) is 0 Å². The molecule has 0 fully saturated rings. The highest BCUT2D eigenvalue weighted by Crippen LogP contribution is 2.40. The lowest BCUT2D eigenvalue weighted by atomic mass is 9.80. The van der Waals surface area contributed by atoms with Crippen LogP contribution < -0.4 is 0 Å². The highest BCUT2D eigenvalue weighted by molar-refractivity contribution is 8.31. The van der Waals surface area contributed by atoms with Crippen LogP contribution >= 0.6 is 0 Å². The first-order valence-electron chi connectivity index (χ1n) is 7.41. The molecule has 1 heterocycles. The van der Waals surface area contributed by atoms with Crippen molar-refractivity contribution in [2.45, 2.75) is 50.5 Å². The summed E-state index contributed by atoms with van der Waals surface area (Å²) in [5, 5.41) is 9.48. The number of hydrogen-bond acceptors (Lipinski definition) is 3. The molecule has 4 nitrogen and oxygen atoms in total. The van der Waals surface area contributed by atoms with E-state index in [1.165, 1.54) is 0 Å². The summed E-state index contributed by atoms with van der Waals surface area (Å²) in [5.74, 6) is -0.154. The lowest BCUT2D eigenvalue weighted by Gasteiger charge is -2.34. The van der Waals surface area contributed by atoms with E-state index in [1.54, 1.807) is 6.07 Å². The first-order chi connectivity index (χ1) is 10.4. The number of carboxylic acids is 1. The third kappa shape index (κ3) is 3.34. The van der Waals surface area contributed by atoms with E-state index >= 15 is 0 Å². The Morgan fingerprint density at radius 2 is 2.18 bits per heavy atom. The molecule has 22 heavy (non-hydrogen) atoms. The Morgan fingerprint density at radius 1 is 1.45 bits per heavy atom. The van der Waals surface area contributed by atoms with Crippen molar-refractivity contribution in [1.82, 2.24) is 0 Å². The highest BCUT2D eigenvalue weighted by Gasteiger charge is 2.33. The van der Waals surface area contributed by atoms with E-state index in [2.05, 4.69) is 13.8 Å². The fourth-order valence-electron chi connectivity index (χ4n) is 2.74. The molecule has 1 atom stereocenters. The fraction of sp³-hybridized carbons (Fsp3) is 0.562. The van der Waals surface area contributed by atoms with Crippen LogP contribution in [-0.4, -0.2) is 27.6 Å². The van der Waals surface area contributed by atoms with Crippen molar-refractivity contribution in [1.29, 1.82) is 0 Å². The van der Waals surface area contributed by atoms with Crippen LogP contribution in [0.5, 0.6) is 0 Å². The van der Waals surface area contributed by atoms with Gasteiger partial charge in [-0.1, -0.05) is 36.3 Å². The van der Waals surface area contributed by atoms with Crippen molar-refractivity contribution in [3.63, 3.8) is 0 Å². The van der Waals surface area contributed by atoms with E-state index in [-0.39, 0.29) is 17.6 Å². The summed E-state index contributed by atoms with van der Waals surface area (Å²) in [4.78, 5) is 12.5. The third-order valence-corrected chi connectivity index (χ3v) is 7.19. The molecule has 0 radical (unpaired) electrons. The van der Waals surface area contributed by atoms with Crippen LogP contribution in [0.15, 0.2) is 17.0 Å². The molecule has 0 bridgehead atoms. The van der Waals surface area contributed by atoms with Gasteiger partial charge >= 0.3 is 5.97 Å². The van der Waals surface area contributed by atoms with Gasteiger partial charge in [-0.05, 0) is 29.9 Å². The van der Waals surface area contributed by atoms with Crippen molar-refractivity contribution in [3.8, 4) is 0 Å². The Kier molecular flexibility index (Phi) is 5.58. The molecule has 0 saturated carbocycles. The zero-order valence-corrected chi connectivity index (χ0v) is 14.8. The van der Waals surface area contributed by atoms with E-state index < -0.39 is 15.4 Å². The van der Waals surface area contributed by atoms with Crippen LogP contribution in [0.25, 0.3) is 0 Å². The maximum absolute atomic E-state index is 11.6. The minimum Gasteiger partial charge on any atom is -0.478 e. The summed E-state index contributed by atoms with van der Waals surface area (Å²) < 4.78 is 17.2. The molecule has 1 aromatic rings. The second-order valence-corrected chi connectivity index (χ2v) is 9.34. The average molecular weight is 342 g/mol. The van der Waals surface area contributed by atoms with Crippen LogP contribution in [-0.2, 0) is 36.4 Å². The summed E-state index contributed by atoms with van der Waals surface area (Å²) in [6.45, 7) is 7.17.